The zero-order chi connectivity index (χ0) is 11.5. The Bertz CT molecular complexity index is 592. The summed E-state index contributed by atoms with van der Waals surface area (Å²) in [6.07, 6.45) is 4.75. The molecule has 2 bridgehead atoms. The van der Waals surface area contributed by atoms with Crippen LogP contribution in [0.3, 0.4) is 0 Å². The van der Waals surface area contributed by atoms with Gasteiger partial charge in [0.2, 0.25) is 0 Å². The van der Waals surface area contributed by atoms with Gasteiger partial charge in [-0.3, -0.25) is 0 Å². The van der Waals surface area contributed by atoms with Crippen molar-refractivity contribution < 1.29 is 0 Å². The predicted octanol–water partition coefficient (Wildman–Crippen LogP) is 3.11. The van der Waals surface area contributed by atoms with E-state index in [4.69, 9.17) is 0 Å². The average molecular weight is 331 g/mol. The van der Waals surface area contributed by atoms with Gasteiger partial charge in [-0.15, -0.1) is 0 Å². The van der Waals surface area contributed by atoms with Crippen LogP contribution in [0.15, 0.2) is 60.7 Å². The Morgan fingerprint density at radius 3 is 1.94 bits per heavy atom. The van der Waals surface area contributed by atoms with Crippen LogP contribution in [0.25, 0.3) is 0 Å². The van der Waals surface area contributed by atoms with Gasteiger partial charge in [0, 0.05) is 0 Å². The molecule has 0 N–H and O–H groups in total. The molecule has 1 radical (unpaired) electrons. The second-order valence-electron chi connectivity index (χ2n) is 4.75. The van der Waals surface area contributed by atoms with Crippen LogP contribution in [0.1, 0.15) is 28.2 Å². The van der Waals surface area contributed by atoms with Crippen molar-refractivity contribution in [3.8, 4) is 0 Å². The van der Waals surface area contributed by atoms with Crippen LogP contribution >= 0.6 is 0 Å². The maximum absolute atomic E-state index is 2.38. The van der Waals surface area contributed by atoms with Crippen LogP contribution in [-0.2, 0) is 3.46 Å². The van der Waals surface area contributed by atoms with Crippen LogP contribution in [-0.4, -0.2) is 22.3 Å². The quantitative estimate of drug-likeness (QED) is 0.514. The van der Waals surface area contributed by atoms with Crippen LogP contribution in [0.4, 0.5) is 0 Å². The SMILES string of the molecule is [Te]C12C=CC(c3ccccc31)c1ccccc12. The first kappa shape index (κ1) is 9.94. The summed E-state index contributed by atoms with van der Waals surface area (Å²) in [5, 5.41) is 0. The van der Waals surface area contributed by atoms with Crippen LogP contribution in [0, 0.1) is 0 Å². The van der Waals surface area contributed by atoms with Gasteiger partial charge in [0.25, 0.3) is 0 Å². The second-order valence-corrected chi connectivity index (χ2v) is 6.58. The number of hydrogen-bond acceptors (Lipinski definition) is 0. The molecule has 81 valence electrons. The third-order valence-electron chi connectivity index (χ3n) is 3.92. The van der Waals surface area contributed by atoms with Crippen molar-refractivity contribution in [2.45, 2.75) is 9.38 Å². The van der Waals surface area contributed by atoms with Crippen molar-refractivity contribution in [3.05, 3.63) is 82.9 Å². The molecule has 0 heterocycles. The van der Waals surface area contributed by atoms with Gasteiger partial charge >= 0.3 is 115 Å². The van der Waals surface area contributed by atoms with Gasteiger partial charge in [-0.25, -0.2) is 0 Å². The number of rotatable bonds is 0. The summed E-state index contributed by atoms with van der Waals surface area (Å²) in [4.78, 5) is 0. The second kappa shape index (κ2) is 3.25. The fourth-order valence-corrected chi connectivity index (χ4v) is 4.43. The van der Waals surface area contributed by atoms with Crippen molar-refractivity contribution in [1.29, 1.82) is 0 Å². The topological polar surface area (TPSA) is 0 Å². The van der Waals surface area contributed by atoms with Gasteiger partial charge in [0.05, 0.1) is 0 Å². The van der Waals surface area contributed by atoms with Crippen molar-refractivity contribution in [2.24, 2.45) is 0 Å². The Labute approximate surface area is 114 Å². The number of hydrogen-bond donors (Lipinski definition) is 0. The summed E-state index contributed by atoms with van der Waals surface area (Å²) < 4.78 is 0.0814. The molecular weight excluding hydrogens is 320 g/mol. The zero-order valence-electron chi connectivity index (χ0n) is 9.26. The van der Waals surface area contributed by atoms with E-state index in [2.05, 4.69) is 83.0 Å². The minimum atomic E-state index is 0.0814. The van der Waals surface area contributed by atoms with E-state index >= 15 is 0 Å². The molecule has 0 spiro atoms. The zero-order valence-corrected chi connectivity index (χ0v) is 11.6. The summed E-state index contributed by atoms with van der Waals surface area (Å²) in [7, 11) is 0. The van der Waals surface area contributed by atoms with E-state index in [1.165, 1.54) is 22.3 Å². The molecule has 0 atom stereocenters. The molecule has 17 heavy (non-hydrogen) atoms. The first-order chi connectivity index (χ1) is 8.31. The van der Waals surface area contributed by atoms with Crippen molar-refractivity contribution in [1.82, 2.24) is 0 Å². The molecule has 2 aromatic carbocycles. The molecule has 0 aliphatic heterocycles. The molecule has 0 saturated carbocycles. The monoisotopic (exact) mass is 333 g/mol. The van der Waals surface area contributed by atoms with E-state index in [-0.39, 0.29) is 3.46 Å². The van der Waals surface area contributed by atoms with Gasteiger partial charge in [0.1, 0.15) is 0 Å². The Kier molecular flexibility index (Phi) is 1.90. The van der Waals surface area contributed by atoms with E-state index < -0.39 is 0 Å². The van der Waals surface area contributed by atoms with Crippen molar-refractivity contribution in [3.63, 3.8) is 0 Å². The Balaban J connectivity index is 2.13. The maximum atomic E-state index is 2.38. The van der Waals surface area contributed by atoms with Gasteiger partial charge in [-0.1, -0.05) is 0 Å². The summed E-state index contributed by atoms with van der Waals surface area (Å²) in [6, 6.07) is 17.7. The van der Waals surface area contributed by atoms with Gasteiger partial charge in [-0.05, 0) is 0 Å². The third kappa shape index (κ3) is 1.14. The molecule has 0 nitrogen and oxygen atoms in total. The van der Waals surface area contributed by atoms with Gasteiger partial charge < -0.3 is 0 Å². The molecule has 0 amide bonds. The Morgan fingerprint density at radius 2 is 1.35 bits per heavy atom. The molecule has 0 aromatic heterocycles. The molecular formula is C16H11Te. The van der Waals surface area contributed by atoms with E-state index in [0.717, 1.165) is 0 Å². The normalized spacial score (nSPS) is 27.7. The molecule has 0 saturated heterocycles. The molecule has 0 unspecified atom stereocenters. The fraction of sp³-hybridized carbons (Fsp3) is 0.125. The van der Waals surface area contributed by atoms with Gasteiger partial charge in [-0.2, -0.15) is 0 Å². The summed E-state index contributed by atoms with van der Waals surface area (Å²) in [5.74, 6) is 0.464. The summed E-state index contributed by atoms with van der Waals surface area (Å²) >= 11 is 2.24. The van der Waals surface area contributed by atoms with E-state index in [9.17, 15) is 0 Å². The summed E-state index contributed by atoms with van der Waals surface area (Å²) in [5.41, 5.74) is 5.94. The van der Waals surface area contributed by atoms with Crippen LogP contribution in [0.5, 0.6) is 0 Å². The first-order valence-electron chi connectivity index (χ1n) is 5.89. The van der Waals surface area contributed by atoms with E-state index in [0.29, 0.717) is 5.92 Å². The van der Waals surface area contributed by atoms with Crippen LogP contribution in [0.2, 0.25) is 0 Å². The standard InChI is InChI=1S/C16H11Te/c17-16-10-9-11(12-5-1-3-7-14(12)16)13-6-2-4-8-15(13)16/h1-11H. The van der Waals surface area contributed by atoms with Gasteiger partial charge in [0.15, 0.2) is 0 Å². The molecule has 3 aliphatic rings. The van der Waals surface area contributed by atoms with Crippen molar-refractivity contribution in [2.75, 3.05) is 0 Å². The number of benzene rings is 2. The molecule has 5 rings (SSSR count). The first-order valence-corrected chi connectivity index (χ1v) is 7.06. The molecule has 2 aromatic rings. The molecule has 3 aliphatic carbocycles. The Morgan fingerprint density at radius 1 is 0.824 bits per heavy atom. The predicted molar refractivity (Wildman–Crippen MR) is 70.4 cm³/mol. The fourth-order valence-electron chi connectivity index (χ4n) is 3.14. The van der Waals surface area contributed by atoms with Crippen LogP contribution < -0.4 is 0 Å². The average Bonchev–Trinajstić information content (AvgIpc) is 2.40. The number of allylic oxidation sites excluding steroid dienone is 2. The summed E-state index contributed by atoms with van der Waals surface area (Å²) in [6.45, 7) is 0. The Hall–Kier alpha value is -1.03. The molecule has 0 fully saturated rings. The minimum absolute atomic E-state index is 0.0814. The van der Waals surface area contributed by atoms with Crippen molar-refractivity contribution >= 4 is 22.3 Å². The van der Waals surface area contributed by atoms with E-state index in [1.807, 2.05) is 0 Å². The van der Waals surface area contributed by atoms with E-state index in [1.54, 1.807) is 0 Å². The molecule has 1 heteroatoms. The third-order valence-corrected chi connectivity index (χ3v) is 5.56.